The smallest absolute Gasteiger partial charge is 0.0350 e. The largest absolute Gasteiger partial charge is 0.398 e. The number of aliphatic imine (C=N–C) groups is 1. The maximum Gasteiger partial charge on any atom is 0.0350 e. The van der Waals surface area contributed by atoms with Crippen LogP contribution in [0.5, 0.6) is 0 Å². The first-order chi connectivity index (χ1) is 5.25. The predicted octanol–water partition coefficient (Wildman–Crippen LogP) is 1.63. The van der Waals surface area contributed by atoms with Gasteiger partial charge in [0.25, 0.3) is 0 Å². The molecule has 1 aromatic rings. The van der Waals surface area contributed by atoms with E-state index in [4.69, 9.17) is 5.73 Å². The number of hydrogen-bond donors (Lipinski definition) is 1. The molecule has 0 unspecified atom stereocenters. The van der Waals surface area contributed by atoms with E-state index < -0.39 is 0 Å². The third-order valence-corrected chi connectivity index (χ3v) is 1.69. The molecule has 0 aromatic heterocycles. The number of nitrogens with zero attached hydrogens (tertiary/aromatic N) is 1. The molecule has 0 amide bonds. The van der Waals surface area contributed by atoms with E-state index >= 15 is 0 Å². The second-order valence-corrected chi connectivity index (χ2v) is 2.45. The molecule has 0 fully saturated rings. The van der Waals surface area contributed by atoms with Gasteiger partial charge in [0.2, 0.25) is 0 Å². The van der Waals surface area contributed by atoms with E-state index in [1.807, 2.05) is 31.3 Å². The monoisotopic (exact) mass is 148 g/mol. The maximum absolute atomic E-state index is 5.69. The zero-order chi connectivity index (χ0) is 8.27. The van der Waals surface area contributed by atoms with Crippen LogP contribution in [0.15, 0.2) is 23.2 Å². The quantitative estimate of drug-likeness (QED) is 0.477. The lowest BCUT2D eigenvalue weighted by Gasteiger charge is -2.01. The van der Waals surface area contributed by atoms with Crippen molar-refractivity contribution in [2.24, 2.45) is 4.99 Å². The highest BCUT2D eigenvalue weighted by molar-refractivity contribution is 5.83. The Hall–Kier alpha value is -1.31. The Morgan fingerprint density at radius 2 is 2.18 bits per heavy atom. The van der Waals surface area contributed by atoms with Crippen LogP contribution in [0, 0.1) is 6.92 Å². The Kier molecular flexibility index (Phi) is 2.26. The van der Waals surface area contributed by atoms with Gasteiger partial charge in [0.05, 0.1) is 0 Å². The summed E-state index contributed by atoms with van der Waals surface area (Å²) in [6.45, 7) is 1.99. The fourth-order valence-corrected chi connectivity index (χ4v) is 0.951. The minimum atomic E-state index is 0.822. The zero-order valence-corrected chi connectivity index (χ0v) is 6.83. The van der Waals surface area contributed by atoms with Crippen molar-refractivity contribution >= 4 is 11.9 Å². The second kappa shape index (κ2) is 3.19. The first kappa shape index (κ1) is 7.79. The van der Waals surface area contributed by atoms with Crippen LogP contribution in [-0.4, -0.2) is 13.3 Å². The Labute approximate surface area is 66.8 Å². The molecule has 0 saturated heterocycles. The van der Waals surface area contributed by atoms with Gasteiger partial charge < -0.3 is 5.73 Å². The molecule has 11 heavy (non-hydrogen) atoms. The molecule has 0 aliphatic carbocycles. The average Bonchev–Trinajstić information content (AvgIpc) is 1.99. The van der Waals surface area contributed by atoms with Crippen molar-refractivity contribution in [2.45, 2.75) is 6.92 Å². The third kappa shape index (κ3) is 1.58. The van der Waals surface area contributed by atoms with Crippen molar-refractivity contribution in [3.05, 3.63) is 29.3 Å². The summed E-state index contributed by atoms with van der Waals surface area (Å²) in [7, 11) is 1.75. The molecule has 1 aromatic carbocycles. The Balaban J connectivity index is 3.16. The van der Waals surface area contributed by atoms with E-state index in [2.05, 4.69) is 4.99 Å². The molecule has 0 heterocycles. The van der Waals surface area contributed by atoms with Crippen molar-refractivity contribution < 1.29 is 0 Å². The molecule has 0 aliphatic heterocycles. The predicted molar refractivity (Wildman–Crippen MR) is 49.1 cm³/mol. The molecular weight excluding hydrogens is 136 g/mol. The minimum Gasteiger partial charge on any atom is -0.398 e. The SMILES string of the molecule is CN=Cc1cccc(N)c1C. The molecule has 0 atom stereocenters. The molecule has 58 valence electrons. The molecule has 1 rings (SSSR count). The van der Waals surface area contributed by atoms with Crippen molar-refractivity contribution in [1.29, 1.82) is 0 Å². The summed E-state index contributed by atoms with van der Waals surface area (Å²) in [5, 5.41) is 0. The summed E-state index contributed by atoms with van der Waals surface area (Å²) < 4.78 is 0. The van der Waals surface area contributed by atoms with Crippen LogP contribution >= 0.6 is 0 Å². The minimum absolute atomic E-state index is 0.822. The van der Waals surface area contributed by atoms with Crippen molar-refractivity contribution in [1.82, 2.24) is 0 Å². The van der Waals surface area contributed by atoms with Gasteiger partial charge in [-0.05, 0) is 24.1 Å². The van der Waals surface area contributed by atoms with Crippen molar-refractivity contribution in [3.8, 4) is 0 Å². The highest BCUT2D eigenvalue weighted by Crippen LogP contribution is 2.12. The molecular formula is C9H12N2. The highest BCUT2D eigenvalue weighted by atomic mass is 14.6. The Morgan fingerprint density at radius 3 is 2.82 bits per heavy atom. The zero-order valence-electron chi connectivity index (χ0n) is 6.83. The first-order valence-corrected chi connectivity index (χ1v) is 3.53. The first-order valence-electron chi connectivity index (χ1n) is 3.53. The van der Waals surface area contributed by atoms with Crippen molar-refractivity contribution in [3.63, 3.8) is 0 Å². The summed E-state index contributed by atoms with van der Waals surface area (Å²) in [6, 6.07) is 5.82. The van der Waals surface area contributed by atoms with Crippen LogP contribution < -0.4 is 5.73 Å². The van der Waals surface area contributed by atoms with E-state index in [0.717, 1.165) is 16.8 Å². The molecule has 0 bridgehead atoms. The van der Waals surface area contributed by atoms with Crippen LogP contribution in [0.4, 0.5) is 5.69 Å². The normalized spacial score (nSPS) is 10.7. The van der Waals surface area contributed by atoms with E-state index in [-0.39, 0.29) is 0 Å². The molecule has 0 radical (unpaired) electrons. The van der Waals surface area contributed by atoms with E-state index in [1.54, 1.807) is 7.05 Å². The van der Waals surface area contributed by atoms with E-state index in [0.29, 0.717) is 0 Å². The van der Waals surface area contributed by atoms with Crippen LogP contribution in [0.3, 0.4) is 0 Å². The number of hydrogen-bond acceptors (Lipinski definition) is 2. The second-order valence-electron chi connectivity index (χ2n) is 2.45. The van der Waals surface area contributed by atoms with Crippen LogP contribution in [-0.2, 0) is 0 Å². The molecule has 2 heteroatoms. The standard InChI is InChI=1S/C9H12N2/c1-7-8(6-11-2)4-3-5-9(7)10/h3-6H,10H2,1-2H3. The molecule has 2 N–H and O–H groups in total. The van der Waals surface area contributed by atoms with Gasteiger partial charge >= 0.3 is 0 Å². The molecule has 0 saturated carbocycles. The summed E-state index contributed by atoms with van der Waals surface area (Å²) >= 11 is 0. The fourth-order valence-electron chi connectivity index (χ4n) is 0.951. The number of rotatable bonds is 1. The van der Waals surface area contributed by atoms with Gasteiger partial charge in [-0.3, -0.25) is 4.99 Å². The lowest BCUT2D eigenvalue weighted by atomic mass is 10.1. The number of nitrogen functional groups attached to an aromatic ring is 1. The molecule has 2 nitrogen and oxygen atoms in total. The van der Waals surface area contributed by atoms with Gasteiger partial charge in [-0.1, -0.05) is 12.1 Å². The van der Waals surface area contributed by atoms with Gasteiger partial charge in [-0.2, -0.15) is 0 Å². The Bertz CT molecular complexity index is 277. The summed E-state index contributed by atoms with van der Waals surface area (Å²) in [5.74, 6) is 0. The van der Waals surface area contributed by atoms with Gasteiger partial charge in [0.15, 0.2) is 0 Å². The summed E-state index contributed by atoms with van der Waals surface area (Å²) in [5.41, 5.74) is 8.70. The lowest BCUT2D eigenvalue weighted by molar-refractivity contribution is 1.41. The van der Waals surface area contributed by atoms with E-state index in [9.17, 15) is 0 Å². The topological polar surface area (TPSA) is 38.4 Å². The van der Waals surface area contributed by atoms with Crippen LogP contribution in [0.2, 0.25) is 0 Å². The number of anilines is 1. The van der Waals surface area contributed by atoms with Gasteiger partial charge in [0, 0.05) is 18.9 Å². The molecule has 0 aliphatic rings. The average molecular weight is 148 g/mol. The fraction of sp³-hybridized carbons (Fsp3) is 0.222. The summed E-state index contributed by atoms with van der Waals surface area (Å²) in [6.07, 6.45) is 1.81. The van der Waals surface area contributed by atoms with E-state index in [1.165, 1.54) is 0 Å². The third-order valence-electron chi connectivity index (χ3n) is 1.69. The van der Waals surface area contributed by atoms with Crippen LogP contribution in [0.1, 0.15) is 11.1 Å². The molecule has 0 spiro atoms. The number of nitrogens with two attached hydrogens (primary N) is 1. The maximum atomic E-state index is 5.69. The highest BCUT2D eigenvalue weighted by Gasteiger charge is 1.96. The van der Waals surface area contributed by atoms with Gasteiger partial charge in [-0.25, -0.2) is 0 Å². The van der Waals surface area contributed by atoms with Gasteiger partial charge in [0.1, 0.15) is 0 Å². The lowest BCUT2D eigenvalue weighted by Crippen LogP contribution is -1.93. The summed E-state index contributed by atoms with van der Waals surface area (Å²) in [4.78, 5) is 3.93. The van der Waals surface area contributed by atoms with Crippen LogP contribution in [0.25, 0.3) is 0 Å². The van der Waals surface area contributed by atoms with Crippen molar-refractivity contribution in [2.75, 3.05) is 12.8 Å². The van der Waals surface area contributed by atoms with Gasteiger partial charge in [-0.15, -0.1) is 0 Å². The number of benzene rings is 1. The Morgan fingerprint density at radius 1 is 1.45 bits per heavy atom.